The minimum Gasteiger partial charge on any atom is -0.497 e. The van der Waals surface area contributed by atoms with Crippen LogP contribution in [0.2, 0.25) is 0 Å². The predicted molar refractivity (Wildman–Crippen MR) is 126 cm³/mol. The molecule has 174 valence electrons. The number of aryl methyl sites for hydroxylation is 1. The molecule has 0 bridgehead atoms. The summed E-state index contributed by atoms with van der Waals surface area (Å²) in [7, 11) is 1.59. The van der Waals surface area contributed by atoms with E-state index in [0.29, 0.717) is 30.0 Å². The lowest BCUT2D eigenvalue weighted by molar-refractivity contribution is -0.121. The Morgan fingerprint density at radius 3 is 2.53 bits per heavy atom. The number of benzene rings is 1. The first-order chi connectivity index (χ1) is 15.6. The average molecular weight is 460 g/mol. The Labute approximate surface area is 193 Å². The second-order valence-corrected chi connectivity index (χ2v) is 9.06. The number of hydrogen-bond acceptors (Lipinski definition) is 7. The van der Waals surface area contributed by atoms with Gasteiger partial charge in [0, 0.05) is 25.1 Å². The molecule has 0 saturated carbocycles. The fourth-order valence-electron chi connectivity index (χ4n) is 3.68. The molecular weight excluding hydrogens is 426 g/mol. The van der Waals surface area contributed by atoms with Gasteiger partial charge in [-0.2, -0.15) is 0 Å². The Morgan fingerprint density at radius 2 is 1.81 bits per heavy atom. The fraction of sp³-hybridized carbons (Fsp3) is 0.565. The van der Waals surface area contributed by atoms with Crippen molar-refractivity contribution in [2.24, 2.45) is 0 Å². The molecule has 32 heavy (non-hydrogen) atoms. The van der Waals surface area contributed by atoms with Gasteiger partial charge in [-0.1, -0.05) is 24.2 Å². The number of amides is 2. The molecule has 1 fully saturated rings. The smallest absolute Gasteiger partial charge is 0.286 e. The Hall–Kier alpha value is -2.52. The molecule has 2 heterocycles. The van der Waals surface area contributed by atoms with Crippen LogP contribution >= 0.6 is 11.3 Å². The summed E-state index contributed by atoms with van der Waals surface area (Å²) in [6, 6.07) is 7.10. The van der Waals surface area contributed by atoms with Crippen LogP contribution in [-0.4, -0.2) is 60.2 Å². The number of carbonyl (C=O) groups excluding carboxylic acids is 2. The standard InChI is InChI=1S/C23H33N5O3S/c1-31-19-12-10-18(11-13-19)25-22(30)23-27-26-21(32-23)9-6-8-20(29)24-14-7-17-28-15-4-2-3-5-16-28/h10-13H,2-9,14-17H2,1H3,(H,24,29)(H,25,30). The number of ether oxygens (including phenoxy) is 1. The number of rotatable bonds is 11. The molecule has 0 aliphatic carbocycles. The maximum Gasteiger partial charge on any atom is 0.286 e. The molecule has 0 spiro atoms. The van der Waals surface area contributed by atoms with E-state index in [2.05, 4.69) is 25.7 Å². The zero-order valence-corrected chi connectivity index (χ0v) is 19.6. The molecule has 9 heteroatoms. The van der Waals surface area contributed by atoms with Crippen molar-refractivity contribution in [1.29, 1.82) is 0 Å². The second-order valence-electron chi connectivity index (χ2n) is 8.00. The lowest BCUT2D eigenvalue weighted by Crippen LogP contribution is -2.30. The number of carbonyl (C=O) groups is 2. The average Bonchev–Trinajstić information content (AvgIpc) is 3.12. The summed E-state index contributed by atoms with van der Waals surface area (Å²) in [4.78, 5) is 26.9. The zero-order valence-electron chi connectivity index (χ0n) is 18.8. The van der Waals surface area contributed by atoms with E-state index in [0.717, 1.165) is 30.3 Å². The minimum atomic E-state index is -0.291. The van der Waals surface area contributed by atoms with Crippen LogP contribution in [0, 0.1) is 0 Å². The molecule has 1 aliphatic heterocycles. The van der Waals surface area contributed by atoms with Crippen LogP contribution in [0.5, 0.6) is 5.75 Å². The van der Waals surface area contributed by atoms with E-state index < -0.39 is 0 Å². The van der Waals surface area contributed by atoms with Crippen molar-refractivity contribution < 1.29 is 14.3 Å². The molecule has 8 nitrogen and oxygen atoms in total. The van der Waals surface area contributed by atoms with Gasteiger partial charge < -0.3 is 20.3 Å². The number of aromatic nitrogens is 2. The third-order valence-corrected chi connectivity index (χ3v) is 6.46. The molecular formula is C23H33N5O3S. The third kappa shape index (κ3) is 8.20. The van der Waals surface area contributed by atoms with Crippen molar-refractivity contribution in [3.8, 4) is 5.75 Å². The molecule has 2 aromatic rings. The van der Waals surface area contributed by atoms with Gasteiger partial charge >= 0.3 is 0 Å². The van der Waals surface area contributed by atoms with Gasteiger partial charge in [-0.05, 0) is 69.6 Å². The zero-order chi connectivity index (χ0) is 22.6. The Kier molecular flexibility index (Phi) is 9.90. The molecule has 1 aliphatic rings. The van der Waals surface area contributed by atoms with Gasteiger partial charge in [0.25, 0.3) is 5.91 Å². The number of likely N-dealkylation sites (tertiary alicyclic amines) is 1. The summed E-state index contributed by atoms with van der Waals surface area (Å²) < 4.78 is 5.11. The minimum absolute atomic E-state index is 0.0721. The molecule has 2 amide bonds. The van der Waals surface area contributed by atoms with Crippen molar-refractivity contribution >= 4 is 28.8 Å². The highest BCUT2D eigenvalue weighted by Crippen LogP contribution is 2.18. The second kappa shape index (κ2) is 13.1. The monoisotopic (exact) mass is 459 g/mol. The molecule has 1 saturated heterocycles. The van der Waals surface area contributed by atoms with Crippen LogP contribution in [0.15, 0.2) is 24.3 Å². The Morgan fingerprint density at radius 1 is 1.06 bits per heavy atom. The Bertz CT molecular complexity index is 848. The summed E-state index contributed by atoms with van der Waals surface area (Å²) in [5.41, 5.74) is 0.667. The highest BCUT2D eigenvalue weighted by molar-refractivity contribution is 7.13. The van der Waals surface area contributed by atoms with E-state index in [9.17, 15) is 9.59 Å². The molecule has 2 N–H and O–H groups in total. The SMILES string of the molecule is COc1ccc(NC(=O)c2nnc(CCCC(=O)NCCCN3CCCCCC3)s2)cc1. The fourth-order valence-corrected chi connectivity index (χ4v) is 4.46. The van der Waals surface area contributed by atoms with Crippen molar-refractivity contribution in [3.05, 3.63) is 34.3 Å². The summed E-state index contributed by atoms with van der Waals surface area (Å²) in [6.45, 7) is 4.17. The molecule has 0 atom stereocenters. The first kappa shape index (κ1) is 24.1. The lowest BCUT2D eigenvalue weighted by atomic mass is 10.2. The van der Waals surface area contributed by atoms with Gasteiger partial charge in [0.05, 0.1) is 7.11 Å². The molecule has 0 unspecified atom stereocenters. The topological polar surface area (TPSA) is 96.5 Å². The van der Waals surface area contributed by atoms with Crippen molar-refractivity contribution in [1.82, 2.24) is 20.4 Å². The van der Waals surface area contributed by atoms with E-state index in [-0.39, 0.29) is 11.8 Å². The number of nitrogens with one attached hydrogen (secondary N) is 2. The Balaban J connectivity index is 1.30. The van der Waals surface area contributed by atoms with E-state index in [1.54, 1.807) is 31.4 Å². The first-order valence-corrected chi connectivity index (χ1v) is 12.2. The maximum atomic E-state index is 12.3. The van der Waals surface area contributed by atoms with E-state index in [1.165, 1.54) is 50.1 Å². The van der Waals surface area contributed by atoms with Crippen molar-refractivity contribution in [3.63, 3.8) is 0 Å². The first-order valence-electron chi connectivity index (χ1n) is 11.4. The highest BCUT2D eigenvalue weighted by atomic mass is 32.1. The molecule has 1 aromatic heterocycles. The number of hydrogen-bond donors (Lipinski definition) is 2. The van der Waals surface area contributed by atoms with Gasteiger partial charge in [-0.3, -0.25) is 9.59 Å². The van der Waals surface area contributed by atoms with Crippen molar-refractivity contribution in [2.45, 2.75) is 51.4 Å². The normalized spacial score (nSPS) is 14.5. The number of anilines is 1. The third-order valence-electron chi connectivity index (χ3n) is 5.48. The highest BCUT2D eigenvalue weighted by Gasteiger charge is 2.14. The van der Waals surface area contributed by atoms with Gasteiger partial charge in [0.15, 0.2) is 0 Å². The van der Waals surface area contributed by atoms with E-state index in [1.807, 2.05) is 0 Å². The van der Waals surface area contributed by atoms with E-state index >= 15 is 0 Å². The summed E-state index contributed by atoms with van der Waals surface area (Å²) >= 11 is 1.26. The van der Waals surface area contributed by atoms with Crippen molar-refractivity contribution in [2.75, 3.05) is 38.6 Å². The summed E-state index contributed by atoms with van der Waals surface area (Å²) in [5, 5.41) is 15.0. The molecule has 0 radical (unpaired) electrons. The maximum absolute atomic E-state index is 12.3. The number of nitrogens with zero attached hydrogens (tertiary/aromatic N) is 3. The van der Waals surface area contributed by atoms with Crippen LogP contribution in [0.4, 0.5) is 5.69 Å². The van der Waals surface area contributed by atoms with Crippen LogP contribution in [-0.2, 0) is 11.2 Å². The van der Waals surface area contributed by atoms with Crippen LogP contribution in [0.1, 0.15) is 59.8 Å². The van der Waals surface area contributed by atoms with Gasteiger partial charge in [-0.25, -0.2) is 0 Å². The van der Waals surface area contributed by atoms with Crippen LogP contribution in [0.25, 0.3) is 0 Å². The van der Waals surface area contributed by atoms with Gasteiger partial charge in [-0.15, -0.1) is 10.2 Å². The number of methoxy groups -OCH3 is 1. The predicted octanol–water partition coefficient (Wildman–Crippen LogP) is 3.50. The lowest BCUT2D eigenvalue weighted by Gasteiger charge is -2.19. The molecule has 3 rings (SSSR count). The van der Waals surface area contributed by atoms with Gasteiger partial charge in [0.2, 0.25) is 10.9 Å². The largest absolute Gasteiger partial charge is 0.497 e. The van der Waals surface area contributed by atoms with Gasteiger partial charge in [0.1, 0.15) is 10.8 Å². The quantitative estimate of drug-likeness (QED) is 0.499. The van der Waals surface area contributed by atoms with Crippen LogP contribution < -0.4 is 15.4 Å². The molecule has 1 aromatic carbocycles. The van der Waals surface area contributed by atoms with Crippen LogP contribution in [0.3, 0.4) is 0 Å². The summed E-state index contributed by atoms with van der Waals surface area (Å²) in [5.74, 6) is 0.506. The van der Waals surface area contributed by atoms with E-state index in [4.69, 9.17) is 4.74 Å². The summed E-state index contributed by atoms with van der Waals surface area (Å²) in [6.07, 6.45) is 8.05.